The normalized spacial score (nSPS) is 30.9. The van der Waals surface area contributed by atoms with Gasteiger partial charge in [-0.1, -0.05) is 42.5 Å². The summed E-state index contributed by atoms with van der Waals surface area (Å²) in [5, 5.41) is 5.89. The van der Waals surface area contributed by atoms with Crippen LogP contribution >= 0.6 is 0 Å². The summed E-state index contributed by atoms with van der Waals surface area (Å²) in [5.41, 5.74) is 1.09. The third-order valence-corrected chi connectivity index (χ3v) is 4.75. The quantitative estimate of drug-likeness (QED) is 0.873. The van der Waals surface area contributed by atoms with Gasteiger partial charge in [-0.3, -0.25) is 0 Å². The largest absolute Gasteiger partial charge is 0.335 e. The van der Waals surface area contributed by atoms with Crippen molar-refractivity contribution >= 4 is 18.1 Å². The molecule has 6 nitrogen and oxygen atoms in total. The van der Waals surface area contributed by atoms with Crippen LogP contribution in [0.2, 0.25) is 0 Å². The zero-order chi connectivity index (χ0) is 16.6. The summed E-state index contributed by atoms with van der Waals surface area (Å²) in [6, 6.07) is 9.54. The molecule has 2 aliphatic heterocycles. The minimum Gasteiger partial charge on any atom is -0.335 e. The van der Waals surface area contributed by atoms with E-state index in [1.165, 1.54) is 0 Å². The first-order valence-corrected chi connectivity index (χ1v) is 7.79. The molecule has 2 saturated heterocycles. The highest BCUT2D eigenvalue weighted by Crippen LogP contribution is 2.29. The first-order valence-electron chi connectivity index (χ1n) is 7.79. The van der Waals surface area contributed by atoms with Crippen molar-refractivity contribution in [2.45, 2.75) is 25.2 Å². The molecule has 0 aliphatic carbocycles. The maximum absolute atomic E-state index is 12.3. The number of rotatable bonds is 2. The molecule has 0 unspecified atom stereocenters. The average Bonchev–Trinajstić information content (AvgIpc) is 2.54. The second kappa shape index (κ2) is 5.95. The van der Waals surface area contributed by atoms with E-state index < -0.39 is 0 Å². The van der Waals surface area contributed by atoms with E-state index in [1.807, 2.05) is 49.4 Å². The van der Waals surface area contributed by atoms with E-state index in [4.69, 9.17) is 0 Å². The highest BCUT2D eigenvalue weighted by molar-refractivity contribution is 5.80. The molecule has 122 valence electrons. The number of carbonyl (C=O) groups excluding carboxylic acids is 2. The van der Waals surface area contributed by atoms with E-state index in [1.54, 1.807) is 23.9 Å². The van der Waals surface area contributed by atoms with Crippen LogP contribution in [0, 0.1) is 5.92 Å². The van der Waals surface area contributed by atoms with Crippen LogP contribution in [0.4, 0.5) is 9.59 Å². The molecular formula is C17H22N4O2. The number of urea groups is 2. The molecular weight excluding hydrogens is 292 g/mol. The lowest BCUT2D eigenvalue weighted by atomic mass is 9.84. The van der Waals surface area contributed by atoms with Gasteiger partial charge in [0.15, 0.2) is 0 Å². The molecule has 0 spiro atoms. The van der Waals surface area contributed by atoms with E-state index in [0.29, 0.717) is 0 Å². The molecule has 23 heavy (non-hydrogen) atoms. The Kier molecular flexibility index (Phi) is 3.98. The summed E-state index contributed by atoms with van der Waals surface area (Å²) in [6.45, 7) is 1.98. The molecule has 2 N–H and O–H groups in total. The Morgan fingerprint density at radius 3 is 2.35 bits per heavy atom. The molecule has 6 heteroatoms. The van der Waals surface area contributed by atoms with Gasteiger partial charge in [0.1, 0.15) is 6.17 Å². The molecule has 0 saturated carbocycles. The Labute approximate surface area is 136 Å². The second-order valence-electron chi connectivity index (χ2n) is 6.19. The van der Waals surface area contributed by atoms with Crippen LogP contribution in [0.1, 0.15) is 12.5 Å². The van der Waals surface area contributed by atoms with Crippen LogP contribution in [-0.4, -0.2) is 54.2 Å². The monoisotopic (exact) mass is 314 g/mol. The van der Waals surface area contributed by atoms with Gasteiger partial charge in [0.25, 0.3) is 0 Å². The number of fused-ring (bicyclic) bond motifs is 1. The van der Waals surface area contributed by atoms with E-state index in [9.17, 15) is 9.59 Å². The molecule has 0 bridgehead atoms. The average molecular weight is 314 g/mol. The minimum absolute atomic E-state index is 0.0304. The molecule has 4 atom stereocenters. The summed E-state index contributed by atoms with van der Waals surface area (Å²) >= 11 is 0. The van der Waals surface area contributed by atoms with Gasteiger partial charge >= 0.3 is 12.1 Å². The fourth-order valence-corrected chi connectivity index (χ4v) is 3.38. The van der Waals surface area contributed by atoms with Crippen LogP contribution in [0.25, 0.3) is 6.08 Å². The fraction of sp³-hybridized carbons (Fsp3) is 0.412. The van der Waals surface area contributed by atoms with Crippen molar-refractivity contribution in [1.82, 2.24) is 20.4 Å². The summed E-state index contributed by atoms with van der Waals surface area (Å²) in [6.07, 6.45) is 3.78. The van der Waals surface area contributed by atoms with E-state index in [0.717, 1.165) is 5.56 Å². The van der Waals surface area contributed by atoms with Crippen molar-refractivity contribution in [2.24, 2.45) is 5.92 Å². The summed E-state index contributed by atoms with van der Waals surface area (Å²) in [7, 11) is 3.50. The van der Waals surface area contributed by atoms with Crippen LogP contribution < -0.4 is 10.6 Å². The zero-order valence-corrected chi connectivity index (χ0v) is 13.6. The Morgan fingerprint density at radius 1 is 1.00 bits per heavy atom. The second-order valence-corrected chi connectivity index (χ2v) is 6.19. The number of carbonyl (C=O) groups is 2. The number of likely N-dealkylation sites (N-methyl/N-ethyl adjacent to an activating group) is 1. The number of hydrogen-bond donors (Lipinski definition) is 2. The lowest BCUT2D eigenvalue weighted by Crippen LogP contribution is -2.73. The van der Waals surface area contributed by atoms with Gasteiger partial charge in [0, 0.05) is 26.1 Å². The molecule has 2 fully saturated rings. The highest BCUT2D eigenvalue weighted by atomic mass is 16.2. The SMILES string of the molecule is C[C@@H]1NC(=O)N(C)[C@H]2NC(=O)N(C)[C@@H](/C=C/c3ccccc3)[C@@H]12. The Hall–Kier alpha value is -2.50. The number of nitrogens with zero attached hydrogens (tertiary/aromatic N) is 2. The minimum atomic E-state index is -0.298. The maximum Gasteiger partial charge on any atom is 0.319 e. The molecule has 4 amide bonds. The molecule has 1 aromatic rings. The topological polar surface area (TPSA) is 64.7 Å². The third-order valence-electron chi connectivity index (χ3n) is 4.75. The summed E-state index contributed by atoms with van der Waals surface area (Å²) in [5.74, 6) is 0.0698. The van der Waals surface area contributed by atoms with Crippen molar-refractivity contribution in [2.75, 3.05) is 14.1 Å². The van der Waals surface area contributed by atoms with Gasteiger partial charge in [0.2, 0.25) is 0 Å². The van der Waals surface area contributed by atoms with Gasteiger partial charge in [-0.25, -0.2) is 9.59 Å². The van der Waals surface area contributed by atoms with E-state index >= 15 is 0 Å². The Balaban J connectivity index is 1.91. The predicted octanol–water partition coefficient (Wildman–Crippen LogP) is 1.71. The van der Waals surface area contributed by atoms with Crippen molar-refractivity contribution in [1.29, 1.82) is 0 Å². The number of benzene rings is 1. The Morgan fingerprint density at radius 2 is 1.65 bits per heavy atom. The molecule has 2 heterocycles. The van der Waals surface area contributed by atoms with Gasteiger partial charge < -0.3 is 20.4 Å². The smallest absolute Gasteiger partial charge is 0.319 e. The van der Waals surface area contributed by atoms with Crippen LogP contribution in [-0.2, 0) is 0 Å². The predicted molar refractivity (Wildman–Crippen MR) is 88.6 cm³/mol. The summed E-state index contributed by atoms with van der Waals surface area (Å²) < 4.78 is 0. The lowest BCUT2D eigenvalue weighted by molar-refractivity contribution is 0.0407. The fourth-order valence-electron chi connectivity index (χ4n) is 3.38. The van der Waals surface area contributed by atoms with Crippen molar-refractivity contribution < 1.29 is 9.59 Å². The number of hydrogen-bond acceptors (Lipinski definition) is 2. The number of nitrogens with one attached hydrogen (secondary N) is 2. The van der Waals surface area contributed by atoms with Gasteiger partial charge in [-0.2, -0.15) is 0 Å². The third kappa shape index (κ3) is 2.76. The standard InChI is InChI=1S/C17H22N4O2/c1-11-14-13(10-9-12-7-5-4-6-8-12)20(2)17(23)19-15(14)21(3)16(22)18-11/h4-11,13-15H,1-3H3,(H,18,22)(H,19,23)/b10-9+/t11-,13-,14+,15+/m0/s1. The first kappa shape index (κ1) is 15.4. The van der Waals surface area contributed by atoms with Gasteiger partial charge in [-0.05, 0) is 12.5 Å². The van der Waals surface area contributed by atoms with E-state index in [2.05, 4.69) is 10.6 Å². The summed E-state index contributed by atoms with van der Waals surface area (Å²) in [4.78, 5) is 27.5. The zero-order valence-electron chi connectivity index (χ0n) is 13.6. The van der Waals surface area contributed by atoms with Gasteiger partial charge in [-0.15, -0.1) is 0 Å². The molecule has 3 rings (SSSR count). The molecule has 0 aromatic heterocycles. The van der Waals surface area contributed by atoms with Crippen LogP contribution in [0.3, 0.4) is 0 Å². The molecule has 1 aromatic carbocycles. The molecule has 0 radical (unpaired) electrons. The first-order chi connectivity index (χ1) is 11.0. The van der Waals surface area contributed by atoms with Crippen LogP contribution in [0.15, 0.2) is 36.4 Å². The van der Waals surface area contributed by atoms with E-state index in [-0.39, 0.29) is 36.2 Å². The highest BCUT2D eigenvalue weighted by Gasteiger charge is 2.48. The van der Waals surface area contributed by atoms with Crippen molar-refractivity contribution in [3.8, 4) is 0 Å². The lowest BCUT2D eigenvalue weighted by Gasteiger charge is -2.51. The van der Waals surface area contributed by atoms with Crippen LogP contribution in [0.5, 0.6) is 0 Å². The van der Waals surface area contributed by atoms with Gasteiger partial charge in [0.05, 0.1) is 6.04 Å². The number of amides is 4. The van der Waals surface area contributed by atoms with Crippen molar-refractivity contribution in [3.63, 3.8) is 0 Å². The maximum atomic E-state index is 12.3. The molecule has 2 aliphatic rings. The van der Waals surface area contributed by atoms with Crippen molar-refractivity contribution in [3.05, 3.63) is 42.0 Å². The Bertz CT molecular complexity index is 631.